The Hall–Kier alpha value is -3.20. The lowest BCUT2D eigenvalue weighted by Crippen LogP contribution is -2.57. The second kappa shape index (κ2) is 6.90. The summed E-state index contributed by atoms with van der Waals surface area (Å²) in [6, 6.07) is 10.7. The summed E-state index contributed by atoms with van der Waals surface area (Å²) in [5.41, 5.74) is 3.62. The fourth-order valence-corrected chi connectivity index (χ4v) is 5.53. The van der Waals surface area contributed by atoms with Gasteiger partial charge in [0.15, 0.2) is 0 Å². The minimum absolute atomic E-state index is 0.0325. The van der Waals surface area contributed by atoms with Gasteiger partial charge in [0.2, 0.25) is 0 Å². The third kappa shape index (κ3) is 3.17. The normalized spacial score (nSPS) is 25.5. The lowest BCUT2D eigenvalue weighted by atomic mass is 9.84. The number of hydrogen-bond donors (Lipinski definition) is 1. The van der Waals surface area contributed by atoms with Gasteiger partial charge in [-0.05, 0) is 54.3 Å². The molecule has 1 saturated heterocycles. The van der Waals surface area contributed by atoms with Crippen molar-refractivity contribution in [3.8, 4) is 11.5 Å². The third-order valence-corrected chi connectivity index (χ3v) is 7.18. The summed E-state index contributed by atoms with van der Waals surface area (Å²) in [7, 11) is 1.63. The largest absolute Gasteiger partial charge is 0.573 e. The van der Waals surface area contributed by atoms with Crippen LogP contribution in [0.1, 0.15) is 41.6 Å². The van der Waals surface area contributed by atoms with Crippen LogP contribution in [0.4, 0.5) is 13.2 Å². The second-order valence-corrected chi connectivity index (χ2v) is 8.87. The first-order valence-electron chi connectivity index (χ1n) is 10.8. The first-order chi connectivity index (χ1) is 15.8. The average Bonchev–Trinajstić information content (AvgIpc) is 3.44. The molecular formula is C24H21F3N2O4. The Balaban J connectivity index is 1.25. The lowest BCUT2D eigenvalue weighted by Gasteiger charge is -2.49. The van der Waals surface area contributed by atoms with Crippen molar-refractivity contribution in [2.24, 2.45) is 0 Å². The van der Waals surface area contributed by atoms with Crippen molar-refractivity contribution in [1.82, 2.24) is 9.88 Å². The molecule has 6 nitrogen and oxygen atoms in total. The van der Waals surface area contributed by atoms with Crippen molar-refractivity contribution in [2.45, 2.75) is 43.3 Å². The van der Waals surface area contributed by atoms with Gasteiger partial charge in [-0.25, -0.2) is 4.79 Å². The Morgan fingerprint density at radius 1 is 1.18 bits per heavy atom. The number of esters is 1. The van der Waals surface area contributed by atoms with Crippen LogP contribution in [0.25, 0.3) is 10.9 Å². The SMILES string of the molecule is COc1ccc2[nH]c3c(c2c1)C1CC12CCN2C3C(=O)OCc1ccc(OC(F)(F)F)cc1. The van der Waals surface area contributed by atoms with Crippen LogP contribution >= 0.6 is 0 Å². The predicted molar refractivity (Wildman–Crippen MR) is 112 cm³/mol. The molecule has 3 unspecified atom stereocenters. The number of fused-ring (bicyclic) bond motifs is 4. The van der Waals surface area contributed by atoms with Crippen LogP contribution in [0.3, 0.4) is 0 Å². The maximum absolute atomic E-state index is 13.3. The van der Waals surface area contributed by atoms with Crippen LogP contribution in [-0.2, 0) is 16.1 Å². The number of ether oxygens (including phenoxy) is 3. The van der Waals surface area contributed by atoms with Gasteiger partial charge in [0.05, 0.1) is 7.11 Å². The first-order valence-corrected chi connectivity index (χ1v) is 10.8. The molecule has 1 saturated carbocycles. The number of nitrogens with one attached hydrogen (secondary N) is 1. The van der Waals surface area contributed by atoms with Crippen LogP contribution in [0.15, 0.2) is 42.5 Å². The molecule has 1 spiro atoms. The van der Waals surface area contributed by atoms with Crippen LogP contribution in [0, 0.1) is 0 Å². The van der Waals surface area contributed by atoms with Gasteiger partial charge in [0.25, 0.3) is 0 Å². The molecule has 1 aromatic heterocycles. The number of aromatic nitrogens is 1. The molecule has 1 N–H and O–H groups in total. The monoisotopic (exact) mass is 458 g/mol. The summed E-state index contributed by atoms with van der Waals surface area (Å²) in [5, 5.41) is 1.08. The highest BCUT2D eigenvalue weighted by Gasteiger charge is 2.70. The average molecular weight is 458 g/mol. The molecule has 2 aromatic carbocycles. The molecule has 2 fully saturated rings. The van der Waals surface area contributed by atoms with Crippen molar-refractivity contribution in [2.75, 3.05) is 13.7 Å². The van der Waals surface area contributed by atoms with Gasteiger partial charge in [-0.15, -0.1) is 13.2 Å². The number of hydrogen-bond acceptors (Lipinski definition) is 5. The smallest absolute Gasteiger partial charge is 0.497 e. The molecule has 0 bridgehead atoms. The summed E-state index contributed by atoms with van der Waals surface area (Å²) in [5.74, 6) is 0.486. The second-order valence-electron chi connectivity index (χ2n) is 8.87. The fraction of sp³-hybridized carbons (Fsp3) is 0.375. The summed E-state index contributed by atoms with van der Waals surface area (Å²) in [6.45, 7) is 0.799. The van der Waals surface area contributed by atoms with E-state index in [1.165, 1.54) is 29.8 Å². The first kappa shape index (κ1) is 20.4. The number of alkyl halides is 3. The van der Waals surface area contributed by atoms with Gasteiger partial charge in [-0.1, -0.05) is 12.1 Å². The number of halogens is 3. The van der Waals surface area contributed by atoms with E-state index in [-0.39, 0.29) is 23.9 Å². The molecule has 3 aromatic rings. The fourth-order valence-electron chi connectivity index (χ4n) is 5.53. The molecule has 172 valence electrons. The van der Waals surface area contributed by atoms with Crippen molar-refractivity contribution in [3.05, 3.63) is 59.3 Å². The van der Waals surface area contributed by atoms with E-state index in [1.807, 2.05) is 18.2 Å². The van der Waals surface area contributed by atoms with E-state index in [4.69, 9.17) is 9.47 Å². The van der Waals surface area contributed by atoms with E-state index in [9.17, 15) is 18.0 Å². The van der Waals surface area contributed by atoms with E-state index in [1.54, 1.807) is 7.11 Å². The van der Waals surface area contributed by atoms with E-state index < -0.39 is 12.4 Å². The van der Waals surface area contributed by atoms with E-state index in [0.29, 0.717) is 11.5 Å². The molecule has 33 heavy (non-hydrogen) atoms. The van der Waals surface area contributed by atoms with Crippen LogP contribution < -0.4 is 9.47 Å². The van der Waals surface area contributed by atoms with Crippen LogP contribution in [0.5, 0.6) is 11.5 Å². The maximum atomic E-state index is 13.3. The predicted octanol–water partition coefficient (Wildman–Crippen LogP) is 4.81. The third-order valence-electron chi connectivity index (χ3n) is 7.18. The minimum Gasteiger partial charge on any atom is -0.497 e. The summed E-state index contributed by atoms with van der Waals surface area (Å²) < 4.78 is 52.0. The lowest BCUT2D eigenvalue weighted by molar-refractivity contribution is -0.274. The topological polar surface area (TPSA) is 63.8 Å². The number of rotatable bonds is 5. The number of aromatic amines is 1. The van der Waals surface area contributed by atoms with Gasteiger partial charge in [0, 0.05) is 34.6 Å². The van der Waals surface area contributed by atoms with Gasteiger partial charge in [-0.3, -0.25) is 4.90 Å². The Morgan fingerprint density at radius 3 is 2.61 bits per heavy atom. The molecule has 9 heteroatoms. The van der Waals surface area contributed by atoms with Crippen molar-refractivity contribution in [3.63, 3.8) is 0 Å². The Labute approximate surface area is 187 Å². The standard InChI is InChI=1S/C24H21F3N2O4/c1-31-15-6-7-18-16(10-15)19-17-11-23(17)8-9-29(23)21(20(19)28-18)22(30)32-12-13-2-4-14(5-3-13)33-24(25,26)27/h2-7,10,17,21,28H,8-9,11-12H2,1H3. The Bertz CT molecular complexity index is 1250. The maximum Gasteiger partial charge on any atom is 0.573 e. The number of benzene rings is 2. The number of H-pyrrole nitrogens is 1. The van der Waals surface area contributed by atoms with Gasteiger partial charge < -0.3 is 19.2 Å². The summed E-state index contributed by atoms with van der Waals surface area (Å²) >= 11 is 0. The molecule has 2 aliphatic heterocycles. The van der Waals surface area contributed by atoms with Crippen molar-refractivity contribution < 1.29 is 32.2 Å². The van der Waals surface area contributed by atoms with Crippen molar-refractivity contribution >= 4 is 16.9 Å². The van der Waals surface area contributed by atoms with E-state index in [0.717, 1.165) is 41.7 Å². The van der Waals surface area contributed by atoms with Gasteiger partial charge in [-0.2, -0.15) is 0 Å². The number of carbonyl (C=O) groups excluding carboxylic acids is 1. The molecule has 0 amide bonds. The highest BCUT2D eigenvalue weighted by molar-refractivity contribution is 5.91. The van der Waals surface area contributed by atoms with Gasteiger partial charge >= 0.3 is 12.3 Å². The molecular weight excluding hydrogens is 437 g/mol. The van der Waals surface area contributed by atoms with E-state index in [2.05, 4.69) is 14.6 Å². The quantitative estimate of drug-likeness (QED) is 0.557. The zero-order valence-electron chi connectivity index (χ0n) is 17.7. The van der Waals surface area contributed by atoms with Crippen LogP contribution in [0.2, 0.25) is 0 Å². The molecule has 6 rings (SSSR count). The minimum atomic E-state index is -4.75. The highest BCUT2D eigenvalue weighted by atomic mass is 19.4. The molecule has 1 aliphatic carbocycles. The number of carbonyl (C=O) groups is 1. The Kier molecular flexibility index (Phi) is 4.27. The van der Waals surface area contributed by atoms with Crippen LogP contribution in [-0.4, -0.2) is 41.4 Å². The zero-order valence-corrected chi connectivity index (χ0v) is 17.7. The molecule has 3 heterocycles. The zero-order chi connectivity index (χ0) is 23.0. The number of methoxy groups -OCH3 is 1. The van der Waals surface area contributed by atoms with E-state index >= 15 is 0 Å². The molecule has 3 aliphatic rings. The molecule has 0 radical (unpaired) electrons. The number of nitrogens with zero attached hydrogens (tertiary/aromatic N) is 1. The van der Waals surface area contributed by atoms with Crippen molar-refractivity contribution in [1.29, 1.82) is 0 Å². The summed E-state index contributed by atoms with van der Waals surface area (Å²) in [6.07, 6.45) is -2.67. The highest BCUT2D eigenvalue weighted by Crippen LogP contribution is 2.69. The Morgan fingerprint density at radius 2 is 1.94 bits per heavy atom. The summed E-state index contributed by atoms with van der Waals surface area (Å²) in [4.78, 5) is 18.9. The van der Waals surface area contributed by atoms with Gasteiger partial charge in [0.1, 0.15) is 24.1 Å². The molecule has 3 atom stereocenters.